The van der Waals surface area contributed by atoms with Gasteiger partial charge in [-0.15, -0.1) is 0 Å². The highest BCUT2D eigenvalue weighted by Crippen LogP contribution is 2.22. The second-order valence-corrected chi connectivity index (χ2v) is 3.51. The smallest absolute Gasteiger partial charge is 0.219 e. The number of aldehydes is 1. The SMILES string of the molecule is O=Cc1cccc(Oc2cccc(Cl)c2)n1. The topological polar surface area (TPSA) is 39.2 Å². The summed E-state index contributed by atoms with van der Waals surface area (Å²) in [6.07, 6.45) is 0.671. The molecule has 1 aromatic carbocycles. The van der Waals surface area contributed by atoms with Gasteiger partial charge in [-0.1, -0.05) is 23.7 Å². The third-order valence-corrected chi connectivity index (χ3v) is 2.12. The van der Waals surface area contributed by atoms with Crippen molar-refractivity contribution in [3.05, 3.63) is 53.2 Å². The molecule has 16 heavy (non-hydrogen) atoms. The Bertz CT molecular complexity index is 514. The molecule has 4 heteroatoms. The van der Waals surface area contributed by atoms with Crippen molar-refractivity contribution in [1.82, 2.24) is 4.98 Å². The highest BCUT2D eigenvalue weighted by molar-refractivity contribution is 6.30. The molecule has 0 radical (unpaired) electrons. The average molecular weight is 234 g/mol. The maximum absolute atomic E-state index is 10.5. The van der Waals surface area contributed by atoms with Crippen LogP contribution < -0.4 is 4.74 Å². The molecule has 0 bridgehead atoms. The zero-order chi connectivity index (χ0) is 11.4. The van der Waals surface area contributed by atoms with Crippen LogP contribution in [-0.2, 0) is 0 Å². The number of ether oxygens (including phenoxy) is 1. The Hall–Kier alpha value is -1.87. The van der Waals surface area contributed by atoms with Crippen LogP contribution in [0, 0.1) is 0 Å². The lowest BCUT2D eigenvalue weighted by Crippen LogP contribution is -1.91. The van der Waals surface area contributed by atoms with E-state index in [0.717, 1.165) is 0 Å². The molecule has 1 heterocycles. The Morgan fingerprint density at radius 3 is 2.75 bits per heavy atom. The van der Waals surface area contributed by atoms with E-state index in [1.54, 1.807) is 42.5 Å². The molecule has 80 valence electrons. The highest BCUT2D eigenvalue weighted by Gasteiger charge is 2.00. The Balaban J connectivity index is 2.23. The molecule has 2 rings (SSSR count). The van der Waals surface area contributed by atoms with Crippen LogP contribution >= 0.6 is 11.6 Å². The number of halogens is 1. The van der Waals surface area contributed by atoms with Crippen LogP contribution in [0.2, 0.25) is 5.02 Å². The summed E-state index contributed by atoms with van der Waals surface area (Å²) in [5.74, 6) is 0.954. The predicted octanol–water partition coefficient (Wildman–Crippen LogP) is 3.34. The van der Waals surface area contributed by atoms with E-state index in [2.05, 4.69) is 4.98 Å². The number of nitrogens with zero attached hydrogens (tertiary/aromatic N) is 1. The van der Waals surface area contributed by atoms with Crippen molar-refractivity contribution >= 4 is 17.9 Å². The molecular formula is C12H8ClNO2. The minimum atomic E-state index is 0.333. The standard InChI is InChI=1S/C12H8ClNO2/c13-9-3-1-5-11(7-9)16-12-6-2-4-10(8-15)14-12/h1-8H. The van der Waals surface area contributed by atoms with Gasteiger partial charge in [-0.25, -0.2) is 4.98 Å². The van der Waals surface area contributed by atoms with Crippen molar-refractivity contribution in [2.75, 3.05) is 0 Å². The van der Waals surface area contributed by atoms with Gasteiger partial charge in [0, 0.05) is 11.1 Å². The van der Waals surface area contributed by atoms with Crippen LogP contribution in [0.1, 0.15) is 10.5 Å². The number of carbonyl (C=O) groups is 1. The summed E-state index contributed by atoms with van der Waals surface area (Å²) >= 11 is 5.81. The van der Waals surface area contributed by atoms with E-state index in [9.17, 15) is 4.79 Å². The van der Waals surface area contributed by atoms with E-state index >= 15 is 0 Å². The first-order valence-corrected chi connectivity index (χ1v) is 5.01. The van der Waals surface area contributed by atoms with Gasteiger partial charge in [0.05, 0.1) is 0 Å². The summed E-state index contributed by atoms with van der Waals surface area (Å²) in [5.41, 5.74) is 0.333. The van der Waals surface area contributed by atoms with Gasteiger partial charge in [0.2, 0.25) is 5.88 Å². The monoisotopic (exact) mass is 233 g/mol. The van der Waals surface area contributed by atoms with Gasteiger partial charge in [0.25, 0.3) is 0 Å². The van der Waals surface area contributed by atoms with E-state index in [0.29, 0.717) is 28.6 Å². The van der Waals surface area contributed by atoms with Gasteiger partial charge in [-0.05, 0) is 24.3 Å². The van der Waals surface area contributed by atoms with E-state index in [-0.39, 0.29) is 0 Å². The number of aromatic nitrogens is 1. The summed E-state index contributed by atoms with van der Waals surface area (Å²) in [7, 11) is 0. The van der Waals surface area contributed by atoms with E-state index in [1.165, 1.54) is 0 Å². The number of benzene rings is 1. The number of hydrogen-bond donors (Lipinski definition) is 0. The minimum absolute atomic E-state index is 0.333. The lowest BCUT2D eigenvalue weighted by Gasteiger charge is -2.04. The van der Waals surface area contributed by atoms with Crippen LogP contribution in [0.5, 0.6) is 11.6 Å². The molecule has 0 saturated carbocycles. The molecule has 0 aliphatic carbocycles. The summed E-state index contributed by atoms with van der Waals surface area (Å²) in [6.45, 7) is 0. The summed E-state index contributed by atoms with van der Waals surface area (Å²) in [4.78, 5) is 14.5. The van der Waals surface area contributed by atoms with Gasteiger partial charge in [-0.3, -0.25) is 4.79 Å². The molecule has 0 atom stereocenters. The first-order valence-electron chi connectivity index (χ1n) is 4.63. The Morgan fingerprint density at radius 2 is 2.00 bits per heavy atom. The Labute approximate surface area is 97.7 Å². The van der Waals surface area contributed by atoms with Crippen molar-refractivity contribution in [3.63, 3.8) is 0 Å². The molecule has 0 aliphatic heterocycles. The molecule has 0 amide bonds. The predicted molar refractivity (Wildman–Crippen MR) is 61.2 cm³/mol. The Kier molecular flexibility index (Phi) is 3.17. The third kappa shape index (κ3) is 2.58. The van der Waals surface area contributed by atoms with E-state index in [1.807, 2.05) is 0 Å². The molecule has 2 aromatic rings. The summed E-state index contributed by atoms with van der Waals surface area (Å²) in [6, 6.07) is 12.0. The van der Waals surface area contributed by atoms with Crippen molar-refractivity contribution in [2.45, 2.75) is 0 Å². The van der Waals surface area contributed by atoms with Crippen molar-refractivity contribution in [1.29, 1.82) is 0 Å². The van der Waals surface area contributed by atoms with Gasteiger partial charge < -0.3 is 4.74 Å². The molecule has 0 fully saturated rings. The zero-order valence-electron chi connectivity index (χ0n) is 8.26. The quantitative estimate of drug-likeness (QED) is 0.764. The molecule has 0 saturated heterocycles. The lowest BCUT2D eigenvalue weighted by atomic mass is 10.3. The average Bonchev–Trinajstić information content (AvgIpc) is 2.29. The van der Waals surface area contributed by atoms with Gasteiger partial charge >= 0.3 is 0 Å². The van der Waals surface area contributed by atoms with Crippen molar-refractivity contribution in [3.8, 4) is 11.6 Å². The molecule has 3 nitrogen and oxygen atoms in total. The molecule has 0 N–H and O–H groups in total. The first-order chi connectivity index (χ1) is 7.78. The van der Waals surface area contributed by atoms with Gasteiger partial charge in [-0.2, -0.15) is 0 Å². The van der Waals surface area contributed by atoms with Crippen LogP contribution in [0.3, 0.4) is 0 Å². The maximum atomic E-state index is 10.5. The number of carbonyl (C=O) groups excluding carboxylic acids is 1. The highest BCUT2D eigenvalue weighted by atomic mass is 35.5. The molecule has 0 aliphatic rings. The second-order valence-electron chi connectivity index (χ2n) is 3.08. The largest absolute Gasteiger partial charge is 0.439 e. The minimum Gasteiger partial charge on any atom is -0.439 e. The Morgan fingerprint density at radius 1 is 1.19 bits per heavy atom. The van der Waals surface area contributed by atoms with Crippen molar-refractivity contribution < 1.29 is 9.53 Å². The third-order valence-electron chi connectivity index (χ3n) is 1.88. The van der Waals surface area contributed by atoms with E-state index in [4.69, 9.17) is 16.3 Å². The molecule has 0 unspecified atom stereocenters. The van der Waals surface area contributed by atoms with Crippen LogP contribution in [-0.4, -0.2) is 11.3 Å². The second kappa shape index (κ2) is 4.77. The van der Waals surface area contributed by atoms with Crippen LogP contribution in [0.4, 0.5) is 0 Å². The number of pyridine rings is 1. The fraction of sp³-hybridized carbons (Fsp3) is 0. The normalized spacial score (nSPS) is 9.81. The van der Waals surface area contributed by atoms with Gasteiger partial charge in [0.1, 0.15) is 11.4 Å². The fourth-order valence-electron chi connectivity index (χ4n) is 1.20. The van der Waals surface area contributed by atoms with Gasteiger partial charge in [0.15, 0.2) is 6.29 Å². The first kappa shape index (κ1) is 10.6. The summed E-state index contributed by atoms with van der Waals surface area (Å²) in [5, 5.41) is 0.587. The fourth-order valence-corrected chi connectivity index (χ4v) is 1.38. The van der Waals surface area contributed by atoms with Crippen LogP contribution in [0.25, 0.3) is 0 Å². The molecule has 1 aromatic heterocycles. The van der Waals surface area contributed by atoms with Crippen molar-refractivity contribution in [2.24, 2.45) is 0 Å². The van der Waals surface area contributed by atoms with Crippen LogP contribution in [0.15, 0.2) is 42.5 Å². The van der Waals surface area contributed by atoms with E-state index < -0.39 is 0 Å². The summed E-state index contributed by atoms with van der Waals surface area (Å²) < 4.78 is 5.45. The molecule has 0 spiro atoms. The maximum Gasteiger partial charge on any atom is 0.219 e. The molecular weight excluding hydrogens is 226 g/mol. The lowest BCUT2D eigenvalue weighted by molar-refractivity contribution is 0.111. The number of hydrogen-bond acceptors (Lipinski definition) is 3. The zero-order valence-corrected chi connectivity index (χ0v) is 9.02. The number of rotatable bonds is 3.